The Morgan fingerprint density at radius 1 is 0.982 bits per heavy atom. The Kier molecular flexibility index (Phi) is 14.7. The summed E-state index contributed by atoms with van der Waals surface area (Å²) in [5, 5.41) is 17.6. The highest BCUT2D eigenvalue weighted by Gasteiger charge is 2.23. The molecular weight excluding hydrogens is 716 g/mol. The van der Waals surface area contributed by atoms with Gasteiger partial charge in [-0.2, -0.15) is 0 Å². The summed E-state index contributed by atoms with van der Waals surface area (Å²) >= 11 is 0. The summed E-state index contributed by atoms with van der Waals surface area (Å²) < 4.78 is 13.2. The van der Waals surface area contributed by atoms with Gasteiger partial charge in [0.05, 0.1) is 36.0 Å². The van der Waals surface area contributed by atoms with Crippen molar-refractivity contribution in [2.24, 2.45) is 7.05 Å². The van der Waals surface area contributed by atoms with E-state index in [1.54, 1.807) is 57.4 Å². The lowest BCUT2D eigenvalue weighted by Gasteiger charge is -2.26. The number of amides is 2. The lowest BCUT2D eigenvalue weighted by Crippen LogP contribution is -2.29. The van der Waals surface area contributed by atoms with Crippen LogP contribution < -0.4 is 25.6 Å². The predicted molar refractivity (Wildman–Crippen MR) is 218 cm³/mol. The van der Waals surface area contributed by atoms with Crippen molar-refractivity contribution in [1.82, 2.24) is 24.8 Å². The van der Waals surface area contributed by atoms with E-state index >= 15 is 0 Å². The van der Waals surface area contributed by atoms with Crippen LogP contribution in [-0.4, -0.2) is 102 Å². The molecule has 0 aliphatic rings. The third kappa shape index (κ3) is 11.1. The molecule has 15 heteroatoms. The molecule has 3 aromatic carbocycles. The van der Waals surface area contributed by atoms with Crippen LogP contribution in [0.25, 0.3) is 22.2 Å². The van der Waals surface area contributed by atoms with Crippen molar-refractivity contribution in [3.63, 3.8) is 0 Å². The minimum Gasteiger partial charge on any atom is -0.494 e. The molecule has 2 heterocycles. The number of carboxylic acid groups (broad SMARTS) is 1. The molecule has 0 bridgehead atoms. The molecular formula is C41H48N8O7. The number of likely N-dealkylation sites (N-methyl/N-ethyl adjacent to an activating group) is 2. The minimum absolute atomic E-state index is 0.233. The first-order valence-corrected chi connectivity index (χ1v) is 17.7. The van der Waals surface area contributed by atoms with Gasteiger partial charge in [0.25, 0.3) is 5.91 Å². The number of hydrogen-bond donors (Lipinski definition) is 4. The van der Waals surface area contributed by atoms with E-state index in [4.69, 9.17) is 19.6 Å². The topological polar surface area (TPSA) is 180 Å². The number of fused-ring (bicyclic) bond motifs is 1. The number of aromatic nitrogens is 3. The first kappa shape index (κ1) is 42.0. The SMILES string of the molecule is C=CC(=O)Nc1cc(Nc2ncc(C(=O)OC(C)C)c(-c3cn(C)c4ccccc34)n2)c(OC)cc1N(C)CCN(C)C.O=C(O)CNC(=O)c1ccccc1. The fourth-order valence-electron chi connectivity index (χ4n) is 5.48. The molecule has 0 spiro atoms. The molecule has 0 saturated heterocycles. The minimum atomic E-state index is -1.05. The summed E-state index contributed by atoms with van der Waals surface area (Å²) in [4.78, 5) is 60.2. The Hall–Kier alpha value is -6.74. The molecule has 0 fully saturated rings. The van der Waals surface area contributed by atoms with E-state index in [1.807, 2.05) is 74.2 Å². The van der Waals surface area contributed by atoms with E-state index in [0.717, 1.165) is 28.7 Å². The number of esters is 1. The van der Waals surface area contributed by atoms with Gasteiger partial charge in [-0.25, -0.2) is 14.8 Å². The van der Waals surface area contributed by atoms with Gasteiger partial charge >= 0.3 is 11.9 Å². The molecule has 56 heavy (non-hydrogen) atoms. The summed E-state index contributed by atoms with van der Waals surface area (Å²) in [7, 11) is 9.46. The smallest absolute Gasteiger partial charge is 0.342 e. The Bertz CT molecular complexity index is 2180. The molecule has 0 aliphatic carbocycles. The number of methoxy groups -OCH3 is 1. The van der Waals surface area contributed by atoms with Crippen LogP contribution in [0, 0.1) is 0 Å². The van der Waals surface area contributed by atoms with E-state index in [1.165, 1.54) is 12.3 Å². The number of carbonyl (C=O) groups excluding carboxylic acids is 3. The van der Waals surface area contributed by atoms with Crippen LogP contribution in [0.4, 0.5) is 23.0 Å². The zero-order chi connectivity index (χ0) is 40.9. The first-order valence-electron chi connectivity index (χ1n) is 17.7. The second-order valence-corrected chi connectivity index (χ2v) is 13.1. The van der Waals surface area contributed by atoms with Crippen LogP contribution in [-0.2, 0) is 21.4 Å². The number of para-hydroxylation sites is 1. The van der Waals surface area contributed by atoms with Crippen LogP contribution in [0.15, 0.2) is 91.8 Å². The fourth-order valence-corrected chi connectivity index (χ4v) is 5.48. The van der Waals surface area contributed by atoms with Crippen molar-refractivity contribution in [3.8, 4) is 17.0 Å². The number of nitrogens with one attached hydrogen (secondary N) is 3. The molecule has 2 amide bonds. The van der Waals surface area contributed by atoms with Gasteiger partial charge in [0.15, 0.2) is 0 Å². The van der Waals surface area contributed by atoms with Crippen molar-refractivity contribution in [2.75, 3.05) is 63.4 Å². The standard InChI is InChI=1S/C32H39N7O4.C9H9NO3/c1-9-29(40)34-24-16-25(28(42-8)17-27(24)38(6)15-14-37(4)5)35-32-33-18-22(31(41)43-20(2)3)30(36-32)23-19-39(7)26-13-11-10-12-21(23)26;11-8(12)6-10-9(13)7-4-2-1-3-5-7/h9-13,16-20H,1,14-15H2,2-8H3,(H,34,40)(H,33,35,36);1-5H,6H2,(H,10,13)(H,11,12). The summed E-state index contributed by atoms with van der Waals surface area (Å²) in [6, 6.07) is 20.0. The fraction of sp³-hybridized carbons (Fsp3) is 0.268. The van der Waals surface area contributed by atoms with Gasteiger partial charge in [-0.1, -0.05) is 43.0 Å². The first-order chi connectivity index (χ1) is 26.7. The van der Waals surface area contributed by atoms with Gasteiger partial charge in [0, 0.05) is 67.7 Å². The summed E-state index contributed by atoms with van der Waals surface area (Å²) in [6.45, 7) is 8.34. The second kappa shape index (κ2) is 19.5. The van der Waals surface area contributed by atoms with Crippen molar-refractivity contribution in [1.29, 1.82) is 0 Å². The van der Waals surface area contributed by atoms with E-state index < -0.39 is 11.9 Å². The normalized spacial score (nSPS) is 10.7. The molecule has 0 unspecified atom stereocenters. The predicted octanol–water partition coefficient (Wildman–Crippen LogP) is 5.58. The number of aryl methyl sites for hydroxylation is 1. The second-order valence-electron chi connectivity index (χ2n) is 13.1. The zero-order valence-corrected chi connectivity index (χ0v) is 32.6. The molecule has 15 nitrogen and oxygen atoms in total. The quantitative estimate of drug-likeness (QED) is 0.0770. The van der Waals surface area contributed by atoms with E-state index in [0.29, 0.717) is 34.9 Å². The number of anilines is 4. The molecule has 5 rings (SSSR count). The van der Waals surface area contributed by atoms with Crippen molar-refractivity contribution in [2.45, 2.75) is 20.0 Å². The van der Waals surface area contributed by atoms with Gasteiger partial charge in [-0.15, -0.1) is 0 Å². The van der Waals surface area contributed by atoms with Crippen molar-refractivity contribution < 1.29 is 33.8 Å². The Morgan fingerprint density at radius 3 is 2.32 bits per heavy atom. The van der Waals surface area contributed by atoms with Crippen LogP contribution in [0.3, 0.4) is 0 Å². The molecule has 0 saturated carbocycles. The number of aliphatic carboxylic acids is 1. The number of benzene rings is 3. The lowest BCUT2D eigenvalue weighted by molar-refractivity contribution is -0.135. The highest BCUT2D eigenvalue weighted by Crippen LogP contribution is 2.39. The molecule has 0 radical (unpaired) electrons. The highest BCUT2D eigenvalue weighted by atomic mass is 16.5. The third-order valence-electron chi connectivity index (χ3n) is 8.24. The maximum atomic E-state index is 13.1. The van der Waals surface area contributed by atoms with Gasteiger partial charge in [0.1, 0.15) is 17.9 Å². The molecule has 2 aromatic heterocycles. The number of rotatable bonds is 15. The van der Waals surface area contributed by atoms with Gasteiger partial charge in [-0.05, 0) is 58.3 Å². The molecule has 5 aromatic rings. The third-order valence-corrected chi connectivity index (χ3v) is 8.24. The number of nitrogens with zero attached hydrogens (tertiary/aromatic N) is 5. The van der Waals surface area contributed by atoms with E-state index in [-0.39, 0.29) is 36.0 Å². The number of hydrogen-bond acceptors (Lipinski definition) is 11. The van der Waals surface area contributed by atoms with Gasteiger partial charge in [0.2, 0.25) is 11.9 Å². The van der Waals surface area contributed by atoms with Crippen LogP contribution in [0.5, 0.6) is 5.75 Å². The summed E-state index contributed by atoms with van der Waals surface area (Å²) in [5.74, 6) is -1.53. The average Bonchev–Trinajstić information content (AvgIpc) is 3.52. The van der Waals surface area contributed by atoms with Crippen molar-refractivity contribution in [3.05, 3.63) is 103 Å². The highest BCUT2D eigenvalue weighted by molar-refractivity contribution is 6.04. The number of carbonyl (C=O) groups is 4. The number of ether oxygens (including phenoxy) is 2. The van der Waals surface area contributed by atoms with Gasteiger partial charge in [-0.3, -0.25) is 14.4 Å². The Balaban J connectivity index is 0.000000453. The van der Waals surface area contributed by atoms with Crippen LogP contribution >= 0.6 is 0 Å². The van der Waals surface area contributed by atoms with Gasteiger partial charge < -0.3 is 44.9 Å². The molecule has 0 aliphatic heterocycles. The number of carboxylic acids is 1. The van der Waals surface area contributed by atoms with E-state index in [2.05, 4.69) is 32.4 Å². The maximum Gasteiger partial charge on any atom is 0.342 e. The summed E-state index contributed by atoms with van der Waals surface area (Å²) in [6.07, 6.45) is 4.31. The lowest BCUT2D eigenvalue weighted by atomic mass is 10.1. The van der Waals surface area contributed by atoms with E-state index in [9.17, 15) is 19.2 Å². The average molecular weight is 765 g/mol. The molecule has 294 valence electrons. The molecule has 0 atom stereocenters. The maximum absolute atomic E-state index is 13.1. The largest absolute Gasteiger partial charge is 0.494 e. The van der Waals surface area contributed by atoms with Crippen LogP contribution in [0.2, 0.25) is 0 Å². The van der Waals surface area contributed by atoms with Crippen molar-refractivity contribution >= 4 is 57.7 Å². The molecule has 4 N–H and O–H groups in total. The zero-order valence-electron chi connectivity index (χ0n) is 32.6. The summed E-state index contributed by atoms with van der Waals surface area (Å²) in [5.41, 5.74) is 4.75. The Labute approximate surface area is 325 Å². The van der Waals surface area contributed by atoms with Crippen LogP contribution in [0.1, 0.15) is 34.6 Å². The monoisotopic (exact) mass is 764 g/mol. The Morgan fingerprint density at radius 2 is 1.68 bits per heavy atom.